The van der Waals surface area contributed by atoms with Gasteiger partial charge >= 0.3 is 31.4 Å². The summed E-state index contributed by atoms with van der Waals surface area (Å²) in [7, 11) is 0. The predicted molar refractivity (Wildman–Crippen MR) is 97.2 cm³/mol. The summed E-state index contributed by atoms with van der Waals surface area (Å²) in [6, 6.07) is 16.6. The van der Waals surface area contributed by atoms with Crippen molar-refractivity contribution in [2.24, 2.45) is 0 Å². The third kappa shape index (κ3) is 20.6. The summed E-state index contributed by atoms with van der Waals surface area (Å²) in [4.78, 5) is 38.7. The Morgan fingerprint density at radius 3 is 0.966 bits per heavy atom. The number of aromatic carboxylic acids is 2. The minimum atomic E-state index is -1.23. The van der Waals surface area contributed by atoms with Crippen molar-refractivity contribution < 1.29 is 59.1 Å². The number of aliphatic carboxylic acids is 2. The molecule has 0 radical (unpaired) electrons. The summed E-state index contributed by atoms with van der Waals surface area (Å²) in [6.45, 7) is 5.80. The average molecular weight is 452 g/mol. The number of carboxylic acid groups (broad SMARTS) is 4. The summed E-state index contributed by atoms with van der Waals surface area (Å²) >= 11 is 0. The molecule has 0 unspecified atom stereocenters. The van der Waals surface area contributed by atoms with Crippen molar-refractivity contribution in [2.75, 3.05) is 0 Å². The van der Waals surface area contributed by atoms with E-state index in [-0.39, 0.29) is 19.5 Å². The maximum atomic E-state index is 10.2. The van der Waals surface area contributed by atoms with Crippen LogP contribution in [0.2, 0.25) is 0 Å². The van der Waals surface area contributed by atoms with Gasteiger partial charge in [-0.1, -0.05) is 49.6 Å². The quantitative estimate of drug-likeness (QED) is 0.506. The standard InChI is InChI=1S/2C7H6O2.2C3H4O2.Zn/c2*8-7(9)6-4-2-1-3-5-6;2*1-2-3(4)5;/h2*1-5H,(H,8,9);2*2H,1H2,(H,4,5);/q;;;;+2/p-2. The molecule has 2 rings (SSSR count). The second-order valence-corrected chi connectivity index (χ2v) is 4.39. The molecule has 148 valence electrons. The van der Waals surface area contributed by atoms with Crippen LogP contribution in [0, 0.1) is 0 Å². The molecule has 2 N–H and O–H groups in total. The van der Waals surface area contributed by atoms with Crippen molar-refractivity contribution in [3.8, 4) is 0 Å². The van der Waals surface area contributed by atoms with Crippen molar-refractivity contribution in [1.29, 1.82) is 0 Å². The summed E-state index contributed by atoms with van der Waals surface area (Å²) in [5.74, 6) is -4.22. The molecule has 0 heterocycles. The molecule has 9 heteroatoms. The molecule has 29 heavy (non-hydrogen) atoms. The molecule has 0 atom stereocenters. The monoisotopic (exact) mass is 450 g/mol. The topological polar surface area (TPSA) is 155 Å². The second kappa shape index (κ2) is 19.2. The number of carbonyl (C=O) groups is 4. The van der Waals surface area contributed by atoms with Crippen molar-refractivity contribution in [2.45, 2.75) is 0 Å². The van der Waals surface area contributed by atoms with Gasteiger partial charge in [0.15, 0.2) is 0 Å². The van der Waals surface area contributed by atoms with E-state index >= 15 is 0 Å². The number of carboxylic acids is 4. The first kappa shape index (κ1) is 30.2. The minimum absolute atomic E-state index is 0. The van der Waals surface area contributed by atoms with Gasteiger partial charge in [-0.25, -0.2) is 9.59 Å². The van der Waals surface area contributed by atoms with Crippen molar-refractivity contribution >= 4 is 23.9 Å². The maximum Gasteiger partial charge on any atom is 2.00 e. The molecule has 0 bridgehead atoms. The summed E-state index contributed by atoms with van der Waals surface area (Å²) in [5.41, 5.74) is 0.662. The number of benzene rings is 2. The zero-order chi connectivity index (χ0) is 21.9. The van der Waals surface area contributed by atoms with Crippen LogP contribution in [0.15, 0.2) is 86.0 Å². The Hall–Kier alpha value is -3.58. The molecule has 0 spiro atoms. The molecule has 0 aromatic heterocycles. The minimum Gasteiger partial charge on any atom is -0.545 e. The third-order valence-corrected chi connectivity index (χ3v) is 2.37. The van der Waals surface area contributed by atoms with Gasteiger partial charge in [0.1, 0.15) is 0 Å². The van der Waals surface area contributed by atoms with Gasteiger partial charge in [-0.3, -0.25) is 0 Å². The van der Waals surface area contributed by atoms with E-state index in [9.17, 15) is 9.59 Å². The van der Waals surface area contributed by atoms with Crippen LogP contribution in [0.5, 0.6) is 0 Å². The van der Waals surface area contributed by atoms with Gasteiger partial charge in [-0.15, -0.1) is 0 Å². The molecule has 0 fully saturated rings. The summed E-state index contributed by atoms with van der Waals surface area (Å²) in [5, 5.41) is 35.0. The molecule has 0 aliphatic carbocycles. The SMILES string of the molecule is C=CC(=O)[O-].C=CC(=O)[O-].O=C(O)c1ccccc1.O=C(O)c1ccccc1.[Zn+2]. The fourth-order valence-corrected chi connectivity index (χ4v) is 1.16. The van der Waals surface area contributed by atoms with E-state index in [0.29, 0.717) is 11.1 Å². The molecule has 0 aliphatic heterocycles. The van der Waals surface area contributed by atoms with E-state index in [4.69, 9.17) is 30.0 Å². The van der Waals surface area contributed by atoms with E-state index < -0.39 is 23.9 Å². The molecule has 0 amide bonds. The predicted octanol–water partition coefficient (Wildman–Crippen LogP) is 0.612. The molecular formula is C20H18O8Zn. The van der Waals surface area contributed by atoms with E-state index in [1.165, 1.54) is 0 Å². The Balaban J connectivity index is -0.000000321. The van der Waals surface area contributed by atoms with Crippen molar-refractivity contribution in [3.05, 3.63) is 97.1 Å². The fraction of sp³-hybridized carbons (Fsp3) is 0. The van der Waals surface area contributed by atoms with E-state index in [1.807, 2.05) is 0 Å². The van der Waals surface area contributed by atoms with Gasteiger partial charge in [0.2, 0.25) is 0 Å². The maximum absolute atomic E-state index is 10.2. The van der Waals surface area contributed by atoms with Gasteiger partial charge in [-0.2, -0.15) is 0 Å². The molecular weight excluding hydrogens is 434 g/mol. The van der Waals surface area contributed by atoms with Crippen LogP contribution in [0.4, 0.5) is 0 Å². The van der Waals surface area contributed by atoms with Crippen LogP contribution in [0.25, 0.3) is 0 Å². The zero-order valence-electron chi connectivity index (χ0n) is 15.4. The van der Waals surface area contributed by atoms with Crippen LogP contribution < -0.4 is 10.2 Å². The van der Waals surface area contributed by atoms with Crippen molar-refractivity contribution in [1.82, 2.24) is 0 Å². The van der Waals surface area contributed by atoms with Gasteiger partial charge < -0.3 is 30.0 Å². The van der Waals surface area contributed by atoms with Crippen LogP contribution in [-0.4, -0.2) is 34.1 Å². The average Bonchev–Trinajstić information content (AvgIpc) is 2.70. The third-order valence-electron chi connectivity index (χ3n) is 2.37. The molecule has 0 saturated carbocycles. The van der Waals surface area contributed by atoms with Gasteiger partial charge in [0.05, 0.1) is 23.1 Å². The number of hydrogen-bond donors (Lipinski definition) is 2. The summed E-state index contributed by atoms with van der Waals surface area (Å²) < 4.78 is 0. The van der Waals surface area contributed by atoms with Gasteiger partial charge in [0.25, 0.3) is 0 Å². The first-order valence-corrected chi connectivity index (χ1v) is 7.39. The Kier molecular flexibility index (Phi) is 20.0. The Morgan fingerprint density at radius 2 is 0.862 bits per heavy atom. The molecule has 2 aromatic rings. The second-order valence-electron chi connectivity index (χ2n) is 4.39. The Labute approximate surface area is 180 Å². The Morgan fingerprint density at radius 1 is 0.655 bits per heavy atom. The number of rotatable bonds is 4. The van der Waals surface area contributed by atoms with E-state index in [1.54, 1.807) is 60.7 Å². The normalized spacial score (nSPS) is 7.72. The van der Waals surface area contributed by atoms with Crippen LogP contribution in [-0.2, 0) is 29.1 Å². The molecule has 2 aromatic carbocycles. The van der Waals surface area contributed by atoms with Crippen LogP contribution in [0.1, 0.15) is 20.7 Å². The first-order chi connectivity index (χ1) is 13.1. The van der Waals surface area contributed by atoms with Crippen LogP contribution in [0.3, 0.4) is 0 Å². The van der Waals surface area contributed by atoms with Crippen LogP contribution >= 0.6 is 0 Å². The molecule has 0 saturated heterocycles. The first-order valence-electron chi connectivity index (χ1n) is 7.39. The largest absolute Gasteiger partial charge is 2.00 e. The van der Waals surface area contributed by atoms with E-state index in [0.717, 1.165) is 12.2 Å². The fourth-order valence-electron chi connectivity index (χ4n) is 1.16. The molecule has 8 nitrogen and oxygen atoms in total. The molecule has 0 aliphatic rings. The summed E-state index contributed by atoms with van der Waals surface area (Å²) in [6.07, 6.45) is 1.44. The van der Waals surface area contributed by atoms with Gasteiger partial charge in [0, 0.05) is 0 Å². The van der Waals surface area contributed by atoms with E-state index in [2.05, 4.69) is 13.2 Å². The smallest absolute Gasteiger partial charge is 0.545 e. The van der Waals surface area contributed by atoms with Crippen molar-refractivity contribution in [3.63, 3.8) is 0 Å². The number of hydrogen-bond acceptors (Lipinski definition) is 6. The zero-order valence-corrected chi connectivity index (χ0v) is 18.4. The Bertz CT molecular complexity index is 706. The number of carbonyl (C=O) groups excluding carboxylic acids is 2. The van der Waals surface area contributed by atoms with Gasteiger partial charge in [-0.05, 0) is 36.4 Å².